The molecule has 4 heteroatoms. The van der Waals surface area contributed by atoms with E-state index in [0.717, 1.165) is 40.9 Å². The number of anilines is 1. The minimum Gasteiger partial charge on any atom is -0.355 e. The van der Waals surface area contributed by atoms with Gasteiger partial charge in [-0.1, -0.05) is 18.1 Å². The number of hydrogen-bond acceptors (Lipinski definition) is 4. The van der Waals surface area contributed by atoms with E-state index in [1.54, 1.807) is 0 Å². The fourth-order valence-electron chi connectivity index (χ4n) is 2.59. The lowest BCUT2D eigenvalue weighted by molar-refractivity contribution is 0.611. The van der Waals surface area contributed by atoms with Crippen LogP contribution in [0.3, 0.4) is 0 Å². The smallest absolute Gasteiger partial charge is 0.159 e. The average Bonchev–Trinajstić information content (AvgIpc) is 2.53. The van der Waals surface area contributed by atoms with Gasteiger partial charge in [-0.05, 0) is 24.6 Å². The monoisotopic (exact) mass is 286 g/mol. The lowest BCUT2D eigenvalue weighted by Gasteiger charge is -2.32. The number of fused-ring (bicyclic) bond motifs is 1. The molecule has 0 saturated carbocycles. The largest absolute Gasteiger partial charge is 0.355 e. The van der Waals surface area contributed by atoms with Crippen LogP contribution in [-0.4, -0.2) is 28.0 Å². The van der Waals surface area contributed by atoms with Crippen LogP contribution in [0.4, 0.5) is 5.82 Å². The summed E-state index contributed by atoms with van der Waals surface area (Å²) in [5, 5.41) is 1.01. The molecule has 3 heterocycles. The molecule has 4 nitrogen and oxygen atoms in total. The normalized spacial score (nSPS) is 13.7. The second-order valence-corrected chi connectivity index (χ2v) is 5.33. The van der Waals surface area contributed by atoms with Crippen molar-refractivity contribution in [2.75, 3.05) is 18.0 Å². The van der Waals surface area contributed by atoms with Gasteiger partial charge in [-0.15, -0.1) is 6.42 Å². The van der Waals surface area contributed by atoms with Gasteiger partial charge in [-0.3, -0.25) is 0 Å². The molecule has 0 bridgehead atoms. The first kappa shape index (κ1) is 12.8. The molecule has 0 atom stereocenters. The van der Waals surface area contributed by atoms with E-state index in [2.05, 4.69) is 20.8 Å². The molecule has 0 spiro atoms. The Morgan fingerprint density at radius 3 is 2.82 bits per heavy atom. The van der Waals surface area contributed by atoms with Crippen molar-refractivity contribution in [2.45, 2.75) is 6.42 Å². The number of pyridine rings is 1. The maximum atomic E-state index is 5.47. The van der Waals surface area contributed by atoms with Crippen LogP contribution in [0.1, 0.15) is 12.0 Å². The Hall–Kier alpha value is -2.93. The number of terminal acetylenes is 1. The molecule has 0 radical (unpaired) electrons. The molecule has 106 valence electrons. The summed E-state index contributed by atoms with van der Waals surface area (Å²) in [5.41, 5.74) is 2.66. The first-order valence-corrected chi connectivity index (χ1v) is 7.29. The summed E-state index contributed by atoms with van der Waals surface area (Å²) in [6.45, 7) is 2.08. The van der Waals surface area contributed by atoms with Gasteiger partial charge >= 0.3 is 0 Å². The topological polar surface area (TPSA) is 41.9 Å². The summed E-state index contributed by atoms with van der Waals surface area (Å²) in [6.07, 6.45) is 10.3. The van der Waals surface area contributed by atoms with Gasteiger partial charge in [0.25, 0.3) is 0 Å². The molecule has 0 amide bonds. The van der Waals surface area contributed by atoms with Gasteiger partial charge in [-0.25, -0.2) is 15.0 Å². The predicted molar refractivity (Wildman–Crippen MR) is 87.5 cm³/mol. The zero-order chi connectivity index (χ0) is 14.9. The maximum Gasteiger partial charge on any atom is 0.159 e. The molecule has 1 saturated heterocycles. The predicted octanol–water partition coefficient (Wildman–Crippen LogP) is 2.88. The second kappa shape index (κ2) is 5.12. The van der Waals surface area contributed by atoms with Gasteiger partial charge in [-0.2, -0.15) is 0 Å². The third-order valence-corrected chi connectivity index (χ3v) is 3.92. The molecule has 1 fully saturated rings. The third kappa shape index (κ3) is 2.08. The first-order valence-electron chi connectivity index (χ1n) is 7.29. The Morgan fingerprint density at radius 1 is 1.14 bits per heavy atom. The van der Waals surface area contributed by atoms with Gasteiger partial charge < -0.3 is 4.90 Å². The SMILES string of the molecule is C#Cc1cccc(-c2ncc3ccnc(N4CCC4)c3n2)c1. The number of hydrogen-bond donors (Lipinski definition) is 0. The molecule has 0 N–H and O–H groups in total. The van der Waals surface area contributed by atoms with Crippen LogP contribution < -0.4 is 4.90 Å². The molecule has 1 aliphatic heterocycles. The van der Waals surface area contributed by atoms with Gasteiger partial charge in [0.05, 0.1) is 0 Å². The molecular weight excluding hydrogens is 272 g/mol. The van der Waals surface area contributed by atoms with Crippen molar-refractivity contribution in [3.63, 3.8) is 0 Å². The van der Waals surface area contributed by atoms with Gasteiger partial charge in [0.15, 0.2) is 11.6 Å². The fraction of sp³-hybridized carbons (Fsp3) is 0.167. The number of aromatic nitrogens is 3. The lowest BCUT2D eigenvalue weighted by atomic mass is 10.1. The Balaban J connectivity index is 1.87. The molecular formula is C18H14N4. The third-order valence-electron chi connectivity index (χ3n) is 3.92. The number of rotatable bonds is 2. The highest BCUT2D eigenvalue weighted by molar-refractivity contribution is 5.89. The van der Waals surface area contributed by atoms with Crippen molar-refractivity contribution in [1.82, 2.24) is 15.0 Å². The summed E-state index contributed by atoms with van der Waals surface area (Å²) in [7, 11) is 0. The Labute approximate surface area is 128 Å². The Morgan fingerprint density at radius 2 is 2.05 bits per heavy atom. The summed E-state index contributed by atoms with van der Waals surface area (Å²) in [5.74, 6) is 4.27. The van der Waals surface area contributed by atoms with Gasteiger partial charge in [0, 0.05) is 42.0 Å². The summed E-state index contributed by atoms with van der Waals surface area (Å²) in [4.78, 5) is 16.0. The van der Waals surface area contributed by atoms with Crippen molar-refractivity contribution in [3.8, 4) is 23.7 Å². The van der Waals surface area contributed by atoms with E-state index in [-0.39, 0.29) is 0 Å². The Bertz CT molecular complexity index is 891. The van der Waals surface area contributed by atoms with E-state index < -0.39 is 0 Å². The van der Waals surface area contributed by atoms with Crippen molar-refractivity contribution in [2.24, 2.45) is 0 Å². The summed E-state index contributed by atoms with van der Waals surface area (Å²) >= 11 is 0. The zero-order valence-corrected chi connectivity index (χ0v) is 12.0. The van der Waals surface area contributed by atoms with E-state index in [1.807, 2.05) is 42.7 Å². The van der Waals surface area contributed by atoms with Crippen molar-refractivity contribution in [3.05, 3.63) is 48.3 Å². The van der Waals surface area contributed by atoms with Crippen LogP contribution in [0.15, 0.2) is 42.7 Å². The fourth-order valence-corrected chi connectivity index (χ4v) is 2.59. The average molecular weight is 286 g/mol. The summed E-state index contributed by atoms with van der Waals surface area (Å²) < 4.78 is 0. The van der Waals surface area contributed by atoms with E-state index in [0.29, 0.717) is 5.82 Å². The van der Waals surface area contributed by atoms with E-state index in [4.69, 9.17) is 11.4 Å². The van der Waals surface area contributed by atoms with E-state index >= 15 is 0 Å². The molecule has 22 heavy (non-hydrogen) atoms. The minimum atomic E-state index is 0.680. The maximum absolute atomic E-state index is 5.47. The highest BCUT2D eigenvalue weighted by atomic mass is 15.2. The Kier molecular flexibility index (Phi) is 2.97. The molecule has 3 aromatic rings. The van der Waals surface area contributed by atoms with Gasteiger partial charge in [0.1, 0.15) is 5.52 Å². The molecule has 0 unspecified atom stereocenters. The number of nitrogens with zero attached hydrogens (tertiary/aromatic N) is 4. The van der Waals surface area contributed by atoms with Crippen molar-refractivity contribution >= 4 is 16.7 Å². The second-order valence-electron chi connectivity index (χ2n) is 5.33. The highest BCUT2D eigenvalue weighted by Gasteiger charge is 2.19. The quantitative estimate of drug-likeness (QED) is 0.679. The van der Waals surface area contributed by atoms with Gasteiger partial charge in [0.2, 0.25) is 0 Å². The highest BCUT2D eigenvalue weighted by Crippen LogP contribution is 2.27. The number of benzene rings is 1. The molecule has 4 rings (SSSR count). The van der Waals surface area contributed by atoms with Crippen LogP contribution in [0.25, 0.3) is 22.3 Å². The lowest BCUT2D eigenvalue weighted by Crippen LogP contribution is -2.37. The standard InChI is InChI=1S/C18H14N4/c1-2-13-5-3-6-14(11-13)17-20-12-15-7-8-19-18(16(15)21-17)22-9-4-10-22/h1,3,5-8,11-12H,4,9-10H2. The molecule has 0 aliphatic carbocycles. The molecule has 1 aliphatic rings. The first-order chi connectivity index (χ1) is 10.8. The molecule has 2 aromatic heterocycles. The zero-order valence-electron chi connectivity index (χ0n) is 12.0. The minimum absolute atomic E-state index is 0.680. The van der Waals surface area contributed by atoms with Crippen LogP contribution in [0, 0.1) is 12.3 Å². The van der Waals surface area contributed by atoms with Crippen molar-refractivity contribution < 1.29 is 0 Å². The van der Waals surface area contributed by atoms with Crippen molar-refractivity contribution in [1.29, 1.82) is 0 Å². The summed E-state index contributed by atoms with van der Waals surface area (Å²) in [6, 6.07) is 9.68. The van der Waals surface area contributed by atoms with Crippen LogP contribution in [0.5, 0.6) is 0 Å². The molecule has 1 aromatic carbocycles. The van der Waals surface area contributed by atoms with E-state index in [1.165, 1.54) is 6.42 Å². The van der Waals surface area contributed by atoms with E-state index in [9.17, 15) is 0 Å². The van der Waals surface area contributed by atoms with Crippen LogP contribution >= 0.6 is 0 Å². The van der Waals surface area contributed by atoms with Crippen LogP contribution in [0.2, 0.25) is 0 Å². The van der Waals surface area contributed by atoms with Crippen LogP contribution in [-0.2, 0) is 0 Å².